The van der Waals surface area contributed by atoms with Crippen LogP contribution in [0.3, 0.4) is 0 Å². The summed E-state index contributed by atoms with van der Waals surface area (Å²) in [6.07, 6.45) is 14.8. The molecule has 3 aromatic rings. The van der Waals surface area contributed by atoms with Crippen LogP contribution in [0.25, 0.3) is 22.0 Å². The van der Waals surface area contributed by atoms with Crippen molar-refractivity contribution in [2.24, 2.45) is 0 Å². The van der Waals surface area contributed by atoms with Crippen molar-refractivity contribution in [2.45, 2.75) is 77.7 Å². The van der Waals surface area contributed by atoms with E-state index in [0.29, 0.717) is 6.79 Å². The number of hydrogen-bond donors (Lipinski definition) is 0. The summed E-state index contributed by atoms with van der Waals surface area (Å²) in [4.78, 5) is 0. The summed E-state index contributed by atoms with van der Waals surface area (Å²) in [5.41, 5.74) is 5.32. The first-order valence-electron chi connectivity index (χ1n) is 13.3. The predicted octanol–water partition coefficient (Wildman–Crippen LogP) is 3.78. The normalized spacial score (nSPS) is 13.2. The maximum atomic E-state index is 5.84. The maximum absolute atomic E-state index is 5.84. The zero-order chi connectivity index (χ0) is 24.2. The first-order chi connectivity index (χ1) is 17.2. The van der Waals surface area contributed by atoms with Crippen molar-refractivity contribution in [3.8, 4) is 34.3 Å². The van der Waals surface area contributed by atoms with Crippen molar-refractivity contribution in [3.63, 3.8) is 0 Å². The van der Waals surface area contributed by atoms with Gasteiger partial charge in [0, 0.05) is 17.4 Å². The molecule has 5 nitrogen and oxygen atoms in total. The fourth-order valence-corrected chi connectivity index (χ4v) is 5.70. The zero-order valence-electron chi connectivity index (χ0n) is 21.8. The highest BCUT2D eigenvalue weighted by molar-refractivity contribution is 5.95. The van der Waals surface area contributed by atoms with Gasteiger partial charge in [0.25, 0.3) is 0 Å². The molecule has 0 spiro atoms. The molecule has 0 N–H and O–H groups in total. The molecule has 0 fully saturated rings. The van der Waals surface area contributed by atoms with Crippen molar-refractivity contribution < 1.29 is 35.9 Å². The SMILES string of the molecule is CCCCCCCCCCc1c2[n+](cc3c(OC)c(OC)ccc13)CCc1cc3c(cc1-2)OCO3.[Cl-]. The van der Waals surface area contributed by atoms with E-state index < -0.39 is 0 Å². The van der Waals surface area contributed by atoms with E-state index in [-0.39, 0.29) is 12.4 Å². The molecule has 2 aliphatic heterocycles. The van der Waals surface area contributed by atoms with Gasteiger partial charge in [0.1, 0.15) is 0 Å². The van der Waals surface area contributed by atoms with E-state index in [1.165, 1.54) is 79.1 Å². The van der Waals surface area contributed by atoms with Gasteiger partial charge in [0.2, 0.25) is 12.5 Å². The lowest BCUT2D eigenvalue weighted by Gasteiger charge is -2.21. The van der Waals surface area contributed by atoms with Gasteiger partial charge < -0.3 is 31.4 Å². The summed E-state index contributed by atoms with van der Waals surface area (Å²) >= 11 is 0. The van der Waals surface area contributed by atoms with Crippen LogP contribution in [0, 0.1) is 0 Å². The van der Waals surface area contributed by atoms with Crippen LogP contribution in [0.2, 0.25) is 0 Å². The van der Waals surface area contributed by atoms with E-state index >= 15 is 0 Å². The minimum Gasteiger partial charge on any atom is -1.00 e. The van der Waals surface area contributed by atoms with Crippen LogP contribution in [0.1, 0.15) is 69.4 Å². The third-order valence-corrected chi connectivity index (χ3v) is 7.52. The van der Waals surface area contributed by atoms with Crippen LogP contribution >= 0.6 is 0 Å². The average Bonchev–Trinajstić information content (AvgIpc) is 3.34. The monoisotopic (exact) mass is 511 g/mol. The molecule has 0 radical (unpaired) electrons. The van der Waals surface area contributed by atoms with Crippen LogP contribution in [0.15, 0.2) is 30.5 Å². The topological polar surface area (TPSA) is 40.8 Å². The fraction of sp³-hybridized carbons (Fsp3) is 0.500. The zero-order valence-corrected chi connectivity index (χ0v) is 22.6. The predicted molar refractivity (Wildman–Crippen MR) is 139 cm³/mol. The quantitative estimate of drug-likeness (QED) is 0.290. The number of unbranched alkanes of at least 4 members (excludes halogenated alkanes) is 7. The van der Waals surface area contributed by atoms with Crippen molar-refractivity contribution >= 4 is 10.8 Å². The molecule has 0 unspecified atom stereocenters. The molecule has 1 aromatic heterocycles. The van der Waals surface area contributed by atoms with Crippen LogP contribution in [-0.4, -0.2) is 21.0 Å². The number of ether oxygens (including phenoxy) is 4. The van der Waals surface area contributed by atoms with Crippen LogP contribution in [0.4, 0.5) is 0 Å². The summed E-state index contributed by atoms with van der Waals surface area (Å²) in [5.74, 6) is 3.31. The number of fused-ring (bicyclic) bond motifs is 5. The first-order valence-corrected chi connectivity index (χ1v) is 13.3. The number of aromatic nitrogens is 1. The summed E-state index contributed by atoms with van der Waals surface area (Å²) in [6.45, 7) is 3.51. The molecule has 0 saturated carbocycles. The molecule has 194 valence electrons. The van der Waals surface area contributed by atoms with Gasteiger partial charge in [-0.2, -0.15) is 4.57 Å². The van der Waals surface area contributed by atoms with Crippen molar-refractivity contribution in [1.29, 1.82) is 0 Å². The molecule has 6 heteroatoms. The Morgan fingerprint density at radius 3 is 2.31 bits per heavy atom. The Morgan fingerprint density at radius 1 is 0.861 bits per heavy atom. The van der Waals surface area contributed by atoms with E-state index in [4.69, 9.17) is 18.9 Å². The molecule has 0 bridgehead atoms. The Kier molecular flexibility index (Phi) is 8.84. The van der Waals surface area contributed by atoms with Gasteiger partial charge in [-0.3, -0.25) is 0 Å². The van der Waals surface area contributed by atoms with Gasteiger partial charge in [-0.25, -0.2) is 0 Å². The molecule has 0 saturated heterocycles. The molecule has 0 amide bonds. The highest BCUT2D eigenvalue weighted by atomic mass is 35.5. The molecule has 5 rings (SSSR count). The average molecular weight is 512 g/mol. The molecule has 0 atom stereocenters. The highest BCUT2D eigenvalue weighted by Crippen LogP contribution is 2.43. The minimum absolute atomic E-state index is 0. The highest BCUT2D eigenvalue weighted by Gasteiger charge is 2.32. The van der Waals surface area contributed by atoms with E-state index in [2.05, 4.69) is 35.9 Å². The Labute approximate surface area is 221 Å². The minimum atomic E-state index is 0. The Bertz CT molecular complexity index is 1210. The van der Waals surface area contributed by atoms with E-state index in [9.17, 15) is 0 Å². The molecular weight excluding hydrogens is 474 g/mol. The van der Waals surface area contributed by atoms with Crippen LogP contribution in [0.5, 0.6) is 23.0 Å². The maximum Gasteiger partial charge on any atom is 0.231 e. The lowest BCUT2D eigenvalue weighted by atomic mass is 9.89. The fourth-order valence-electron chi connectivity index (χ4n) is 5.70. The second-order valence-corrected chi connectivity index (χ2v) is 9.75. The van der Waals surface area contributed by atoms with Gasteiger partial charge in [0.05, 0.1) is 25.2 Å². The number of benzene rings is 2. The summed E-state index contributed by atoms with van der Waals surface area (Å²) in [7, 11) is 3.44. The lowest BCUT2D eigenvalue weighted by Crippen LogP contribution is -3.00. The largest absolute Gasteiger partial charge is 1.00 e. The molecule has 2 aromatic carbocycles. The van der Waals surface area contributed by atoms with E-state index in [1.54, 1.807) is 14.2 Å². The summed E-state index contributed by atoms with van der Waals surface area (Å²) in [6, 6.07) is 8.62. The van der Waals surface area contributed by atoms with Gasteiger partial charge in [-0.1, -0.05) is 51.9 Å². The van der Waals surface area contributed by atoms with Crippen molar-refractivity contribution in [3.05, 3.63) is 41.6 Å². The first kappa shape index (κ1) is 26.4. The second kappa shape index (κ2) is 12.1. The summed E-state index contributed by atoms with van der Waals surface area (Å²) < 4.78 is 25.3. The summed E-state index contributed by atoms with van der Waals surface area (Å²) in [5, 5.41) is 2.37. The van der Waals surface area contributed by atoms with Gasteiger partial charge in [0.15, 0.2) is 35.7 Å². The lowest BCUT2D eigenvalue weighted by molar-refractivity contribution is -0.686. The molecule has 36 heavy (non-hydrogen) atoms. The molecule has 2 aliphatic rings. The second-order valence-electron chi connectivity index (χ2n) is 9.75. The Morgan fingerprint density at radius 2 is 1.58 bits per heavy atom. The smallest absolute Gasteiger partial charge is 0.231 e. The Balaban J connectivity index is 0.00000304. The molecule has 3 heterocycles. The number of pyridine rings is 1. The number of nitrogens with zero attached hydrogens (tertiary/aromatic N) is 1. The third-order valence-electron chi connectivity index (χ3n) is 7.52. The van der Waals surface area contributed by atoms with Gasteiger partial charge >= 0.3 is 0 Å². The number of hydrogen-bond acceptors (Lipinski definition) is 4. The van der Waals surface area contributed by atoms with E-state index in [0.717, 1.165) is 47.8 Å². The standard InChI is InChI=1S/C30H38NO4.ClH/c1-4-5-6-7-8-9-10-11-12-23-22-13-14-26(32-2)30(33-3)25(22)19-31-16-15-21-17-27-28(35-20-34-27)18-24(21)29(23)31;/h13-14,17-19H,4-12,15-16,20H2,1-3H3;1H/q+1;/p-1. The number of halogens is 1. The van der Waals surface area contributed by atoms with Crippen molar-refractivity contribution in [1.82, 2.24) is 0 Å². The number of methoxy groups -OCH3 is 2. The number of aryl methyl sites for hydroxylation is 3. The Hall–Kier alpha value is -2.66. The van der Waals surface area contributed by atoms with Gasteiger partial charge in [-0.05, 0) is 42.7 Å². The molecular formula is C30H38ClNO4. The van der Waals surface area contributed by atoms with Crippen molar-refractivity contribution in [2.75, 3.05) is 21.0 Å². The van der Waals surface area contributed by atoms with E-state index in [1.807, 2.05) is 6.07 Å². The van der Waals surface area contributed by atoms with Crippen LogP contribution < -0.4 is 35.9 Å². The van der Waals surface area contributed by atoms with Crippen LogP contribution in [-0.2, 0) is 19.4 Å². The third kappa shape index (κ3) is 5.08. The van der Waals surface area contributed by atoms with Gasteiger partial charge in [-0.15, -0.1) is 0 Å². The molecule has 0 aliphatic carbocycles. The number of rotatable bonds is 11.